The Labute approximate surface area is 80.4 Å². The van der Waals surface area contributed by atoms with E-state index in [9.17, 15) is 0 Å². The highest BCUT2D eigenvalue weighted by molar-refractivity contribution is 5.75. The van der Waals surface area contributed by atoms with Gasteiger partial charge in [0.05, 0.1) is 5.84 Å². The average molecular weight is 178 g/mol. The van der Waals surface area contributed by atoms with E-state index in [0.29, 0.717) is 5.84 Å². The third-order valence-electron chi connectivity index (χ3n) is 2.38. The van der Waals surface area contributed by atoms with E-state index >= 15 is 0 Å². The molecule has 1 N–H and O–H groups in total. The summed E-state index contributed by atoms with van der Waals surface area (Å²) in [5.41, 5.74) is 1.42. The van der Waals surface area contributed by atoms with Crippen molar-refractivity contribution < 1.29 is 0 Å². The summed E-state index contributed by atoms with van der Waals surface area (Å²) in [6, 6.07) is 0. The van der Waals surface area contributed by atoms with Crippen molar-refractivity contribution in [1.29, 1.82) is 5.41 Å². The summed E-state index contributed by atoms with van der Waals surface area (Å²) in [5, 5.41) is 7.41. The van der Waals surface area contributed by atoms with Gasteiger partial charge in [0, 0.05) is 13.6 Å². The van der Waals surface area contributed by atoms with Crippen molar-refractivity contribution in [2.45, 2.75) is 26.2 Å². The van der Waals surface area contributed by atoms with E-state index in [-0.39, 0.29) is 0 Å². The molecule has 1 aliphatic carbocycles. The van der Waals surface area contributed by atoms with Crippen LogP contribution in [0.4, 0.5) is 0 Å². The lowest BCUT2D eigenvalue weighted by Gasteiger charge is -2.17. The van der Waals surface area contributed by atoms with Crippen molar-refractivity contribution in [2.24, 2.45) is 0 Å². The van der Waals surface area contributed by atoms with Crippen LogP contribution in [0.15, 0.2) is 23.8 Å². The summed E-state index contributed by atoms with van der Waals surface area (Å²) in [6.07, 6.45) is 10.2. The third kappa shape index (κ3) is 3.45. The van der Waals surface area contributed by atoms with Crippen LogP contribution < -0.4 is 0 Å². The van der Waals surface area contributed by atoms with Crippen LogP contribution in [0.1, 0.15) is 26.2 Å². The fourth-order valence-corrected chi connectivity index (χ4v) is 1.32. The molecule has 0 fully saturated rings. The van der Waals surface area contributed by atoms with E-state index in [1.54, 1.807) is 0 Å². The number of nitrogens with zero attached hydrogens (tertiary/aromatic N) is 1. The molecule has 0 bridgehead atoms. The van der Waals surface area contributed by atoms with Crippen LogP contribution in [-0.4, -0.2) is 24.3 Å². The van der Waals surface area contributed by atoms with Crippen molar-refractivity contribution >= 4 is 5.84 Å². The molecule has 0 amide bonds. The fourth-order valence-electron chi connectivity index (χ4n) is 1.32. The van der Waals surface area contributed by atoms with Crippen LogP contribution in [0.2, 0.25) is 0 Å². The molecular formula is C11H18N2. The summed E-state index contributed by atoms with van der Waals surface area (Å²) < 4.78 is 0. The molecule has 0 saturated carbocycles. The Kier molecular flexibility index (Phi) is 3.74. The maximum atomic E-state index is 7.41. The smallest absolute Gasteiger partial charge is 0.0923 e. The third-order valence-corrected chi connectivity index (χ3v) is 2.38. The normalized spacial score (nSPS) is 15.4. The first-order valence-electron chi connectivity index (χ1n) is 4.82. The summed E-state index contributed by atoms with van der Waals surface area (Å²) in [6.45, 7) is 2.77. The van der Waals surface area contributed by atoms with E-state index < -0.39 is 0 Å². The largest absolute Gasteiger partial charge is 0.364 e. The second kappa shape index (κ2) is 4.85. The lowest BCUT2D eigenvalue weighted by atomic mass is 10.0. The van der Waals surface area contributed by atoms with Gasteiger partial charge < -0.3 is 4.90 Å². The monoisotopic (exact) mass is 178 g/mol. The molecule has 0 spiro atoms. The van der Waals surface area contributed by atoms with Crippen LogP contribution in [0.5, 0.6) is 0 Å². The minimum Gasteiger partial charge on any atom is -0.364 e. The molecule has 0 aromatic rings. The zero-order valence-corrected chi connectivity index (χ0v) is 8.51. The minimum absolute atomic E-state index is 0.639. The van der Waals surface area contributed by atoms with Gasteiger partial charge in [-0.05, 0) is 26.2 Å². The molecule has 0 aromatic heterocycles. The minimum atomic E-state index is 0.639. The Morgan fingerprint density at radius 2 is 2.31 bits per heavy atom. The number of rotatable bonds is 3. The first-order valence-corrected chi connectivity index (χ1v) is 4.82. The topological polar surface area (TPSA) is 27.1 Å². The molecule has 13 heavy (non-hydrogen) atoms. The lowest BCUT2D eigenvalue weighted by molar-refractivity contribution is 0.502. The van der Waals surface area contributed by atoms with Gasteiger partial charge in [-0.2, -0.15) is 0 Å². The molecule has 1 rings (SSSR count). The molecule has 2 heteroatoms. The van der Waals surface area contributed by atoms with Gasteiger partial charge in [0.15, 0.2) is 0 Å². The van der Waals surface area contributed by atoms with E-state index in [4.69, 9.17) is 5.41 Å². The van der Waals surface area contributed by atoms with E-state index in [0.717, 1.165) is 13.0 Å². The molecule has 0 heterocycles. The summed E-state index contributed by atoms with van der Waals surface area (Å²) in [7, 11) is 1.97. The lowest BCUT2D eigenvalue weighted by Crippen LogP contribution is -2.24. The van der Waals surface area contributed by atoms with Gasteiger partial charge in [0.25, 0.3) is 0 Å². The standard InChI is InChI=1S/C11H18N2/c1-10(12)13(2)9-8-11-6-4-3-5-7-11/h4,6-7,12H,3,5,8-9H2,1-2H3. The summed E-state index contributed by atoms with van der Waals surface area (Å²) in [5.74, 6) is 0.639. The number of allylic oxidation sites excluding steroid dienone is 3. The molecule has 72 valence electrons. The van der Waals surface area contributed by atoms with Gasteiger partial charge in [-0.15, -0.1) is 0 Å². The molecule has 2 nitrogen and oxygen atoms in total. The maximum absolute atomic E-state index is 7.41. The number of nitrogens with one attached hydrogen (secondary N) is 1. The van der Waals surface area contributed by atoms with E-state index in [2.05, 4.69) is 18.2 Å². The molecule has 1 aliphatic rings. The second-order valence-electron chi connectivity index (χ2n) is 3.52. The van der Waals surface area contributed by atoms with Crippen LogP contribution in [-0.2, 0) is 0 Å². The summed E-state index contributed by atoms with van der Waals surface area (Å²) >= 11 is 0. The molecular weight excluding hydrogens is 160 g/mol. The molecule has 0 radical (unpaired) electrons. The van der Waals surface area contributed by atoms with Gasteiger partial charge in [-0.1, -0.05) is 23.8 Å². The van der Waals surface area contributed by atoms with Crippen molar-refractivity contribution in [3.8, 4) is 0 Å². The van der Waals surface area contributed by atoms with Gasteiger partial charge >= 0.3 is 0 Å². The highest BCUT2D eigenvalue weighted by atomic mass is 15.1. The number of hydrogen-bond donors (Lipinski definition) is 1. The SMILES string of the molecule is CC(=N)N(C)CCC1=CCCC=C1. The summed E-state index contributed by atoms with van der Waals surface area (Å²) in [4.78, 5) is 1.98. The maximum Gasteiger partial charge on any atom is 0.0923 e. The van der Waals surface area contributed by atoms with E-state index in [1.165, 1.54) is 18.4 Å². The number of amidine groups is 1. The Balaban J connectivity index is 2.29. The molecule has 0 aromatic carbocycles. The Bertz CT molecular complexity index is 238. The predicted molar refractivity (Wildman–Crippen MR) is 57.1 cm³/mol. The van der Waals surface area contributed by atoms with Crippen molar-refractivity contribution in [1.82, 2.24) is 4.90 Å². The predicted octanol–water partition coefficient (Wildman–Crippen LogP) is 2.58. The highest BCUT2D eigenvalue weighted by Gasteiger charge is 2.01. The molecule has 0 unspecified atom stereocenters. The van der Waals surface area contributed by atoms with Gasteiger partial charge in [0.2, 0.25) is 0 Å². The Hall–Kier alpha value is -1.05. The fraction of sp³-hybridized carbons (Fsp3) is 0.545. The van der Waals surface area contributed by atoms with Crippen LogP contribution in [0, 0.1) is 5.41 Å². The zero-order valence-electron chi connectivity index (χ0n) is 8.51. The highest BCUT2D eigenvalue weighted by Crippen LogP contribution is 2.13. The molecule has 0 aliphatic heterocycles. The Morgan fingerprint density at radius 3 is 2.85 bits per heavy atom. The van der Waals surface area contributed by atoms with Crippen LogP contribution >= 0.6 is 0 Å². The zero-order chi connectivity index (χ0) is 9.68. The van der Waals surface area contributed by atoms with Crippen molar-refractivity contribution in [3.05, 3.63) is 23.8 Å². The van der Waals surface area contributed by atoms with Crippen LogP contribution in [0.3, 0.4) is 0 Å². The van der Waals surface area contributed by atoms with Crippen LogP contribution in [0.25, 0.3) is 0 Å². The first kappa shape index (κ1) is 10.0. The first-order chi connectivity index (χ1) is 6.20. The van der Waals surface area contributed by atoms with Crippen molar-refractivity contribution in [3.63, 3.8) is 0 Å². The Morgan fingerprint density at radius 1 is 1.54 bits per heavy atom. The number of hydrogen-bond acceptors (Lipinski definition) is 1. The van der Waals surface area contributed by atoms with E-state index in [1.807, 2.05) is 18.9 Å². The molecule has 0 atom stereocenters. The second-order valence-corrected chi connectivity index (χ2v) is 3.52. The quantitative estimate of drug-likeness (QED) is 0.522. The molecule has 0 saturated heterocycles. The van der Waals surface area contributed by atoms with Crippen molar-refractivity contribution in [2.75, 3.05) is 13.6 Å². The van der Waals surface area contributed by atoms with Gasteiger partial charge in [-0.25, -0.2) is 0 Å². The van der Waals surface area contributed by atoms with Gasteiger partial charge in [0.1, 0.15) is 0 Å². The average Bonchev–Trinajstić information content (AvgIpc) is 2.15. The van der Waals surface area contributed by atoms with Gasteiger partial charge in [-0.3, -0.25) is 5.41 Å².